The van der Waals surface area contributed by atoms with Crippen LogP contribution in [0.1, 0.15) is 46.0 Å². The van der Waals surface area contributed by atoms with Crippen molar-refractivity contribution in [2.45, 2.75) is 50.6 Å². The van der Waals surface area contributed by atoms with Gasteiger partial charge in [0.25, 0.3) is 0 Å². The van der Waals surface area contributed by atoms with E-state index in [4.69, 9.17) is 0 Å². The van der Waals surface area contributed by atoms with Crippen molar-refractivity contribution in [3.05, 3.63) is 57.5 Å². The van der Waals surface area contributed by atoms with Crippen LogP contribution in [0.4, 0.5) is 0 Å². The molecule has 0 bridgehead atoms. The molecule has 0 saturated carbocycles. The van der Waals surface area contributed by atoms with Crippen molar-refractivity contribution in [1.82, 2.24) is 0 Å². The van der Waals surface area contributed by atoms with Gasteiger partial charge in [-0.3, -0.25) is 0 Å². The van der Waals surface area contributed by atoms with Gasteiger partial charge in [-0.15, -0.1) is 26.2 Å². The molecule has 130 valence electrons. The van der Waals surface area contributed by atoms with Crippen LogP contribution < -0.4 is 0 Å². The maximum atomic E-state index is 4.16. The van der Waals surface area contributed by atoms with Crippen molar-refractivity contribution in [2.75, 3.05) is 26.2 Å². The standard InChI is InChI=1S/2C7H14N.C5H5.CH3.Zr/c2*1-3-5-6-7-8-4-2;1-2-4-5-3-1;;/h2*3H,1,4-7H2,2H3;1-3H,4H2;1H3;/q2*-1;;;+2. The van der Waals surface area contributed by atoms with Crippen LogP contribution >= 0.6 is 0 Å². The van der Waals surface area contributed by atoms with Crippen LogP contribution in [0.5, 0.6) is 0 Å². The van der Waals surface area contributed by atoms with Crippen LogP contribution in [0.25, 0.3) is 10.6 Å². The summed E-state index contributed by atoms with van der Waals surface area (Å²) in [7, 11) is 0. The van der Waals surface area contributed by atoms with Crippen LogP contribution in [0.2, 0.25) is 4.63 Å². The second-order valence-corrected chi connectivity index (χ2v) is 7.77. The zero-order valence-electron chi connectivity index (χ0n) is 15.6. The predicted octanol–water partition coefficient (Wildman–Crippen LogP) is 6.65. The van der Waals surface area contributed by atoms with Crippen molar-refractivity contribution in [3.8, 4) is 0 Å². The SMILES string of the molecule is C=CCCC[N-]CC.C=CCCC[N-]CC.[CH3][Zr+2][C]1=CC=CC1. The Morgan fingerprint density at radius 1 is 1.04 bits per heavy atom. The molecule has 0 aliphatic heterocycles. The minimum absolute atomic E-state index is 0.0408. The van der Waals surface area contributed by atoms with Gasteiger partial charge in [-0.25, -0.2) is 0 Å². The van der Waals surface area contributed by atoms with Gasteiger partial charge >= 0.3 is 55.8 Å². The summed E-state index contributed by atoms with van der Waals surface area (Å²) in [6.07, 6.45) is 16.3. The number of rotatable bonds is 11. The Kier molecular flexibility index (Phi) is 26.1. The first-order valence-corrected chi connectivity index (χ1v) is 12.5. The zero-order chi connectivity index (χ0) is 17.6. The molecule has 0 amide bonds. The molecule has 0 aromatic heterocycles. The second-order valence-electron chi connectivity index (χ2n) is 4.96. The Morgan fingerprint density at radius 3 is 1.83 bits per heavy atom. The van der Waals surface area contributed by atoms with Crippen molar-refractivity contribution in [1.29, 1.82) is 0 Å². The average molecular weight is 396 g/mol. The van der Waals surface area contributed by atoms with E-state index < -0.39 is 0 Å². The third kappa shape index (κ3) is 24.1. The summed E-state index contributed by atoms with van der Waals surface area (Å²) < 4.78 is 4.09. The molecule has 0 aromatic carbocycles. The monoisotopic (exact) mass is 394 g/mol. The van der Waals surface area contributed by atoms with Crippen molar-refractivity contribution in [2.24, 2.45) is 0 Å². The Hall–Kier alpha value is -0.237. The van der Waals surface area contributed by atoms with Crippen molar-refractivity contribution in [3.63, 3.8) is 0 Å². The molecule has 0 radical (unpaired) electrons. The summed E-state index contributed by atoms with van der Waals surface area (Å²) in [4.78, 5) is 0. The first-order valence-electron chi connectivity index (χ1n) is 8.78. The second kappa shape index (κ2) is 24.0. The van der Waals surface area contributed by atoms with Crippen molar-refractivity contribution >= 4 is 0 Å². The van der Waals surface area contributed by atoms with E-state index in [1.54, 1.807) is 3.28 Å². The van der Waals surface area contributed by atoms with Gasteiger partial charge in [0.15, 0.2) is 0 Å². The number of hydrogen-bond donors (Lipinski definition) is 0. The summed E-state index contributed by atoms with van der Waals surface area (Å²) in [6, 6.07) is 0. The van der Waals surface area contributed by atoms with Crippen LogP contribution in [-0.4, -0.2) is 26.2 Å². The Balaban J connectivity index is 0. The van der Waals surface area contributed by atoms with Gasteiger partial charge in [0.1, 0.15) is 0 Å². The molecule has 0 spiro atoms. The number of nitrogens with zero attached hydrogens (tertiary/aromatic N) is 2. The van der Waals surface area contributed by atoms with E-state index in [1.807, 2.05) is 12.2 Å². The maximum absolute atomic E-state index is 4.16. The molecule has 2 nitrogen and oxygen atoms in total. The molecule has 0 heterocycles. The van der Waals surface area contributed by atoms with Crippen LogP contribution in [0.15, 0.2) is 46.8 Å². The van der Waals surface area contributed by atoms with Gasteiger partial charge in [-0.05, 0) is 12.8 Å². The van der Waals surface area contributed by atoms with Crippen LogP contribution in [0, 0.1) is 0 Å². The summed E-state index contributed by atoms with van der Waals surface area (Å²) in [5.41, 5.74) is 0. The molecule has 1 rings (SSSR count). The van der Waals surface area contributed by atoms with Gasteiger partial charge in [0, 0.05) is 0 Å². The third-order valence-electron chi connectivity index (χ3n) is 2.99. The fourth-order valence-electron chi connectivity index (χ4n) is 1.64. The van der Waals surface area contributed by atoms with Gasteiger partial charge in [0.2, 0.25) is 0 Å². The van der Waals surface area contributed by atoms with Gasteiger partial charge in [0.05, 0.1) is 0 Å². The van der Waals surface area contributed by atoms with Crippen LogP contribution in [-0.2, 0) is 23.2 Å². The average Bonchev–Trinajstić information content (AvgIpc) is 3.11. The van der Waals surface area contributed by atoms with E-state index in [9.17, 15) is 0 Å². The molecule has 23 heavy (non-hydrogen) atoms. The summed E-state index contributed by atoms with van der Waals surface area (Å²) in [5.74, 6) is 0. The number of unbranched alkanes of at least 4 members (excludes halogenated alkanes) is 2. The molecule has 0 aromatic rings. The minimum atomic E-state index is -0.0408. The molecule has 0 unspecified atom stereocenters. The summed E-state index contributed by atoms with van der Waals surface area (Å²) >= 11 is -0.0408. The molecule has 3 heteroatoms. The number of allylic oxidation sites excluding steroid dienone is 6. The van der Waals surface area contributed by atoms with E-state index in [0.29, 0.717) is 0 Å². The van der Waals surface area contributed by atoms with E-state index in [0.717, 1.165) is 51.9 Å². The Morgan fingerprint density at radius 2 is 1.57 bits per heavy atom. The Labute approximate surface area is 157 Å². The van der Waals surface area contributed by atoms with E-state index in [2.05, 4.69) is 60.5 Å². The van der Waals surface area contributed by atoms with Gasteiger partial charge in [-0.1, -0.05) is 38.8 Å². The van der Waals surface area contributed by atoms with Gasteiger partial charge in [-0.2, -0.15) is 13.1 Å². The Bertz CT molecular complexity index is 293. The molecule has 1 aliphatic carbocycles. The topological polar surface area (TPSA) is 28.2 Å². The first-order chi connectivity index (χ1) is 11.3. The van der Waals surface area contributed by atoms with E-state index >= 15 is 0 Å². The quantitative estimate of drug-likeness (QED) is 0.277. The first kappa shape index (κ1) is 25.0. The van der Waals surface area contributed by atoms with E-state index in [-0.39, 0.29) is 23.2 Å². The molecule has 0 N–H and O–H groups in total. The normalized spacial score (nSPS) is 11.3. The fraction of sp³-hybridized carbons (Fsp3) is 0.600. The van der Waals surface area contributed by atoms with E-state index in [1.165, 1.54) is 6.42 Å². The molecule has 0 atom stereocenters. The third-order valence-corrected chi connectivity index (χ3v) is 5.48. The summed E-state index contributed by atoms with van der Waals surface area (Å²) in [5, 5.41) is 8.32. The van der Waals surface area contributed by atoms with Crippen molar-refractivity contribution < 1.29 is 23.2 Å². The van der Waals surface area contributed by atoms with Gasteiger partial charge < -0.3 is 10.6 Å². The molecule has 1 aliphatic rings. The summed E-state index contributed by atoms with van der Waals surface area (Å²) in [6.45, 7) is 15.3. The molecular formula is C20H36N2Zr. The molecular weight excluding hydrogens is 359 g/mol. The fourth-order valence-corrected chi connectivity index (χ4v) is 3.08. The molecule has 0 saturated heterocycles. The number of hydrogen-bond acceptors (Lipinski definition) is 0. The zero-order valence-corrected chi connectivity index (χ0v) is 18.0. The van der Waals surface area contributed by atoms with Crippen LogP contribution in [0.3, 0.4) is 0 Å². The molecule has 0 fully saturated rings. The predicted molar refractivity (Wildman–Crippen MR) is 104 cm³/mol.